The SMILES string of the molecule is C[Si](C)(C)CCOCS(=O)O. The van der Waals surface area contributed by atoms with E-state index in [4.69, 9.17) is 9.29 Å². The Bertz CT molecular complexity index is 132. The van der Waals surface area contributed by atoms with Crippen LogP contribution in [0.25, 0.3) is 0 Å². The first-order chi connectivity index (χ1) is 4.92. The smallest absolute Gasteiger partial charge is 0.179 e. The van der Waals surface area contributed by atoms with E-state index < -0.39 is 19.2 Å². The van der Waals surface area contributed by atoms with Gasteiger partial charge in [-0.2, -0.15) is 0 Å². The van der Waals surface area contributed by atoms with Crippen molar-refractivity contribution in [2.75, 3.05) is 12.5 Å². The van der Waals surface area contributed by atoms with Crippen LogP contribution in [0.15, 0.2) is 0 Å². The Morgan fingerprint density at radius 1 is 1.45 bits per heavy atom. The third-order valence-corrected chi connectivity index (χ3v) is 3.25. The molecule has 1 atom stereocenters. The van der Waals surface area contributed by atoms with Crippen LogP contribution in [0.1, 0.15) is 0 Å². The highest BCUT2D eigenvalue weighted by Gasteiger charge is 2.11. The van der Waals surface area contributed by atoms with Gasteiger partial charge >= 0.3 is 0 Å². The van der Waals surface area contributed by atoms with Gasteiger partial charge in [0.05, 0.1) is 0 Å². The molecule has 0 heterocycles. The summed E-state index contributed by atoms with van der Waals surface area (Å²) in [6, 6.07) is 1.05. The van der Waals surface area contributed by atoms with Crippen LogP contribution in [0, 0.1) is 0 Å². The highest BCUT2D eigenvalue weighted by molar-refractivity contribution is 7.79. The number of rotatable bonds is 5. The molecular formula is C6H16O3SSi. The van der Waals surface area contributed by atoms with E-state index in [1.54, 1.807) is 0 Å². The van der Waals surface area contributed by atoms with E-state index in [1.807, 2.05) is 0 Å². The first-order valence-corrected chi connectivity index (χ1v) is 8.55. The molecule has 0 aliphatic rings. The molecule has 0 aliphatic carbocycles. The van der Waals surface area contributed by atoms with Gasteiger partial charge in [-0.1, -0.05) is 19.6 Å². The second-order valence-electron chi connectivity index (χ2n) is 3.66. The summed E-state index contributed by atoms with van der Waals surface area (Å²) in [4.78, 5) is 0. The normalized spacial score (nSPS) is 14.9. The van der Waals surface area contributed by atoms with Crippen LogP contribution in [0.2, 0.25) is 25.7 Å². The van der Waals surface area contributed by atoms with Crippen molar-refractivity contribution in [2.45, 2.75) is 25.7 Å². The standard InChI is InChI=1S/C6H16O3SSi/c1-11(2,3)5-4-9-6-10(7)8/h4-6H2,1-3H3,(H,7,8). The van der Waals surface area contributed by atoms with Crippen molar-refractivity contribution >= 4 is 19.2 Å². The fourth-order valence-corrected chi connectivity index (χ4v) is 1.53. The van der Waals surface area contributed by atoms with Crippen molar-refractivity contribution in [1.29, 1.82) is 0 Å². The monoisotopic (exact) mass is 196 g/mol. The van der Waals surface area contributed by atoms with Gasteiger partial charge in [0, 0.05) is 14.7 Å². The van der Waals surface area contributed by atoms with E-state index in [9.17, 15) is 4.21 Å². The van der Waals surface area contributed by atoms with Crippen LogP contribution in [0.5, 0.6) is 0 Å². The Morgan fingerprint density at radius 3 is 2.36 bits per heavy atom. The lowest BCUT2D eigenvalue weighted by Crippen LogP contribution is -2.22. The first-order valence-electron chi connectivity index (χ1n) is 3.57. The molecule has 1 N–H and O–H groups in total. The lowest BCUT2D eigenvalue weighted by Gasteiger charge is -2.14. The van der Waals surface area contributed by atoms with Crippen LogP contribution in [0.3, 0.4) is 0 Å². The second-order valence-corrected chi connectivity index (χ2v) is 10.2. The maximum absolute atomic E-state index is 10.1. The molecule has 0 bridgehead atoms. The molecule has 0 amide bonds. The van der Waals surface area contributed by atoms with Crippen LogP contribution in [0.4, 0.5) is 0 Å². The number of hydrogen-bond acceptors (Lipinski definition) is 2. The van der Waals surface area contributed by atoms with Gasteiger partial charge in [0.15, 0.2) is 11.1 Å². The highest BCUT2D eigenvalue weighted by Crippen LogP contribution is 2.07. The lowest BCUT2D eigenvalue weighted by atomic mass is 10.9. The molecule has 68 valence electrons. The summed E-state index contributed by atoms with van der Waals surface area (Å²) in [7, 11) is -1.03. The Labute approximate surface area is 71.4 Å². The molecule has 0 spiro atoms. The molecule has 0 aromatic heterocycles. The molecule has 0 saturated heterocycles. The summed E-state index contributed by atoms with van der Waals surface area (Å²) in [5.74, 6) is -0.0511. The maximum Gasteiger partial charge on any atom is 0.179 e. The molecule has 0 aromatic rings. The zero-order chi connectivity index (χ0) is 8.91. The minimum absolute atomic E-state index is 0.0511. The summed E-state index contributed by atoms with van der Waals surface area (Å²) >= 11 is -1.80. The van der Waals surface area contributed by atoms with E-state index >= 15 is 0 Å². The van der Waals surface area contributed by atoms with Gasteiger partial charge in [-0.05, 0) is 6.04 Å². The predicted molar refractivity (Wildman–Crippen MR) is 49.7 cm³/mol. The summed E-state index contributed by atoms with van der Waals surface area (Å²) in [6.07, 6.45) is 0. The van der Waals surface area contributed by atoms with E-state index in [2.05, 4.69) is 19.6 Å². The van der Waals surface area contributed by atoms with Gasteiger partial charge < -0.3 is 9.29 Å². The quantitative estimate of drug-likeness (QED) is 0.412. The van der Waals surface area contributed by atoms with E-state index in [-0.39, 0.29) is 5.94 Å². The van der Waals surface area contributed by atoms with Crippen molar-refractivity contribution in [3.05, 3.63) is 0 Å². The third kappa shape index (κ3) is 10.3. The van der Waals surface area contributed by atoms with E-state index in [1.165, 1.54) is 0 Å². The van der Waals surface area contributed by atoms with Crippen molar-refractivity contribution in [2.24, 2.45) is 0 Å². The fourth-order valence-electron chi connectivity index (χ4n) is 0.509. The van der Waals surface area contributed by atoms with Crippen molar-refractivity contribution in [3.63, 3.8) is 0 Å². The lowest BCUT2D eigenvalue weighted by molar-refractivity contribution is 0.190. The van der Waals surface area contributed by atoms with Crippen LogP contribution in [-0.4, -0.2) is 29.4 Å². The average Bonchev–Trinajstić information content (AvgIpc) is 1.78. The largest absolute Gasteiger partial charge is 0.366 e. The van der Waals surface area contributed by atoms with Crippen LogP contribution in [-0.2, 0) is 15.8 Å². The molecule has 11 heavy (non-hydrogen) atoms. The van der Waals surface area contributed by atoms with Crippen molar-refractivity contribution in [1.82, 2.24) is 0 Å². The minimum atomic E-state index is -1.80. The Balaban J connectivity index is 3.22. The zero-order valence-corrected chi connectivity index (χ0v) is 9.11. The molecule has 0 aliphatic heterocycles. The van der Waals surface area contributed by atoms with Gasteiger partial charge in [0.25, 0.3) is 0 Å². The maximum atomic E-state index is 10.1. The van der Waals surface area contributed by atoms with Crippen molar-refractivity contribution in [3.8, 4) is 0 Å². The number of hydrogen-bond donors (Lipinski definition) is 1. The van der Waals surface area contributed by atoms with E-state index in [0.29, 0.717) is 6.61 Å². The molecule has 0 rings (SSSR count). The third-order valence-electron chi connectivity index (χ3n) is 1.18. The summed E-state index contributed by atoms with van der Waals surface area (Å²) in [5, 5.41) is 0. The Hall–Kier alpha value is 0.287. The average molecular weight is 196 g/mol. The zero-order valence-electron chi connectivity index (χ0n) is 7.29. The van der Waals surface area contributed by atoms with Gasteiger partial charge in [0.1, 0.15) is 5.94 Å². The molecule has 0 aromatic carbocycles. The van der Waals surface area contributed by atoms with Gasteiger partial charge in [-0.3, -0.25) is 0 Å². The topological polar surface area (TPSA) is 46.5 Å². The molecule has 0 radical (unpaired) electrons. The van der Waals surface area contributed by atoms with Crippen molar-refractivity contribution < 1.29 is 13.5 Å². The minimum Gasteiger partial charge on any atom is -0.366 e. The fraction of sp³-hybridized carbons (Fsp3) is 1.00. The molecule has 0 saturated carbocycles. The first kappa shape index (κ1) is 11.3. The van der Waals surface area contributed by atoms with Crippen LogP contribution >= 0.6 is 0 Å². The predicted octanol–water partition coefficient (Wildman–Crippen LogP) is 1.52. The van der Waals surface area contributed by atoms with Gasteiger partial charge in [0.2, 0.25) is 0 Å². The van der Waals surface area contributed by atoms with Crippen LogP contribution < -0.4 is 0 Å². The Morgan fingerprint density at radius 2 is 2.00 bits per heavy atom. The molecular weight excluding hydrogens is 180 g/mol. The summed E-state index contributed by atoms with van der Waals surface area (Å²) in [6.45, 7) is 7.34. The van der Waals surface area contributed by atoms with Gasteiger partial charge in [-0.15, -0.1) is 0 Å². The Kier molecular flexibility index (Phi) is 5.16. The molecule has 5 heteroatoms. The highest BCUT2D eigenvalue weighted by atomic mass is 32.2. The summed E-state index contributed by atoms with van der Waals surface area (Å²) in [5.41, 5.74) is 0. The number of ether oxygens (including phenoxy) is 1. The summed E-state index contributed by atoms with van der Waals surface area (Å²) < 4.78 is 23.4. The second kappa shape index (κ2) is 5.03. The van der Waals surface area contributed by atoms with E-state index in [0.717, 1.165) is 6.04 Å². The molecule has 0 fully saturated rings. The van der Waals surface area contributed by atoms with Gasteiger partial charge in [-0.25, -0.2) is 4.21 Å². The molecule has 1 unspecified atom stereocenters. The molecule has 3 nitrogen and oxygen atoms in total.